The topological polar surface area (TPSA) is 240 Å². The van der Waals surface area contributed by atoms with Gasteiger partial charge in [0.25, 0.3) is 0 Å². The first-order valence-electron chi connectivity index (χ1n) is 10.0. The van der Waals surface area contributed by atoms with Crippen molar-refractivity contribution in [1.29, 1.82) is 0 Å². The number of hydrogen-bond donors (Lipinski definition) is 3. The van der Waals surface area contributed by atoms with E-state index in [1.165, 1.54) is 0 Å². The molecule has 1 saturated heterocycles. The number of imide groups is 1. The van der Waals surface area contributed by atoms with Gasteiger partial charge in [0.1, 0.15) is 0 Å². The summed E-state index contributed by atoms with van der Waals surface area (Å²) in [7, 11) is 0. The van der Waals surface area contributed by atoms with E-state index >= 15 is 0 Å². The molecule has 0 bridgehead atoms. The molecule has 0 aromatic rings. The van der Waals surface area contributed by atoms with Crippen LogP contribution in [0.4, 0.5) is 4.79 Å². The quantitative estimate of drug-likeness (QED) is 0.247. The van der Waals surface area contributed by atoms with Gasteiger partial charge in [0, 0.05) is 0 Å². The van der Waals surface area contributed by atoms with Gasteiger partial charge in [-0.2, -0.15) is 0 Å². The molecule has 0 aromatic heterocycles. The number of carbonyl (C=O) groups excluding carboxylic acids is 5. The molecule has 14 heteroatoms. The molecule has 0 aliphatic carbocycles. The minimum atomic E-state index is -2.19. The van der Waals surface area contributed by atoms with Crippen LogP contribution < -0.4 is 66.4 Å². The SMILES string of the molecule is CCCC(C)C1(CC)C(=O)NC(=O)N=C1[O-].NC1(C(=O)[O-])CCNCC1.O=C([O-])C(=O)[O-].[Na+]. The summed E-state index contributed by atoms with van der Waals surface area (Å²) in [5, 5.41) is 45.2. The van der Waals surface area contributed by atoms with Gasteiger partial charge in [-0.15, -0.1) is 0 Å². The number of carboxylic acid groups (broad SMARTS) is 3. The first kappa shape index (κ1) is 33.1. The van der Waals surface area contributed by atoms with E-state index in [1.807, 2.05) is 13.8 Å². The molecule has 0 aromatic carbocycles. The summed E-state index contributed by atoms with van der Waals surface area (Å²) in [4.78, 5) is 54.4. The number of nitrogens with zero attached hydrogens (tertiary/aromatic N) is 1. The summed E-state index contributed by atoms with van der Waals surface area (Å²) in [6.45, 7) is 6.97. The summed E-state index contributed by atoms with van der Waals surface area (Å²) >= 11 is 0. The minimum Gasteiger partial charge on any atom is -0.861 e. The number of aliphatic imine (C=N–C) groups is 1. The smallest absolute Gasteiger partial charge is 0.861 e. The molecule has 182 valence electrons. The normalized spacial score (nSPS) is 21.9. The fourth-order valence-electron chi connectivity index (χ4n) is 3.38. The van der Waals surface area contributed by atoms with Crippen molar-refractivity contribution < 1.29 is 74.0 Å². The molecule has 4 N–H and O–H groups in total. The Balaban J connectivity index is 0. The van der Waals surface area contributed by atoms with Crippen molar-refractivity contribution in [3.8, 4) is 0 Å². The number of carboxylic acids is 3. The number of amides is 3. The molecular weight excluding hydrogens is 451 g/mol. The molecular formula is C19H28N4NaO9-3. The third-order valence-electron chi connectivity index (χ3n) is 5.40. The van der Waals surface area contributed by atoms with E-state index in [0.29, 0.717) is 32.4 Å². The average molecular weight is 479 g/mol. The van der Waals surface area contributed by atoms with Crippen molar-refractivity contribution >= 4 is 35.7 Å². The molecule has 3 amide bonds. The second kappa shape index (κ2) is 15.0. The maximum Gasteiger partial charge on any atom is 1.00 e. The third kappa shape index (κ3) is 9.37. The summed E-state index contributed by atoms with van der Waals surface area (Å²) < 4.78 is 0. The standard InChI is InChI=1S/C11H18N2O3.C6H12N2O2.C2H2O4.Na/c1-4-6-7(3)11(5-2)8(14)12-10(16)13-9(11)15;7-6(5(9)10)1-3-8-4-2-6;3-1(4)2(5)6;/h7H,4-6H2,1-3H3,(H2,12,13,14,15,16);8H,1-4,7H2,(H,9,10);(H,3,4)(H,5,6);/q;;;+1/p-4. The first-order chi connectivity index (χ1) is 14.8. The molecule has 2 aliphatic heterocycles. The Morgan fingerprint density at radius 2 is 1.58 bits per heavy atom. The molecule has 33 heavy (non-hydrogen) atoms. The third-order valence-corrected chi connectivity index (χ3v) is 5.40. The van der Waals surface area contributed by atoms with Gasteiger partial charge >= 0.3 is 35.6 Å². The predicted molar refractivity (Wildman–Crippen MR) is 102 cm³/mol. The molecule has 2 aliphatic rings. The number of aliphatic carboxylic acids is 3. The Hall–Kier alpha value is -2.06. The van der Waals surface area contributed by atoms with Gasteiger partial charge in [-0.05, 0) is 50.6 Å². The van der Waals surface area contributed by atoms with Crippen LogP contribution in [0.1, 0.15) is 52.9 Å². The van der Waals surface area contributed by atoms with Crippen LogP contribution in [-0.2, 0) is 19.2 Å². The summed E-state index contributed by atoms with van der Waals surface area (Å²) in [6, 6.07) is -0.845. The summed E-state index contributed by atoms with van der Waals surface area (Å²) in [5.41, 5.74) is 3.27. The largest absolute Gasteiger partial charge is 1.00 e. The molecule has 1 fully saturated rings. The molecule has 0 spiro atoms. The number of nitrogens with one attached hydrogen (secondary N) is 2. The van der Waals surface area contributed by atoms with Crippen LogP contribution in [0.5, 0.6) is 0 Å². The molecule has 13 nitrogen and oxygen atoms in total. The zero-order valence-corrected chi connectivity index (χ0v) is 21.2. The Kier molecular flexibility index (Phi) is 15.0. The Morgan fingerprint density at radius 3 is 1.88 bits per heavy atom. The number of rotatable bonds is 5. The molecule has 0 saturated carbocycles. The average Bonchev–Trinajstić information content (AvgIpc) is 2.69. The van der Waals surface area contributed by atoms with E-state index in [9.17, 15) is 24.6 Å². The molecule has 2 atom stereocenters. The fraction of sp³-hybridized carbons (Fsp3) is 0.684. The number of carbonyl (C=O) groups is 5. The van der Waals surface area contributed by atoms with E-state index in [0.717, 1.165) is 12.8 Å². The first-order valence-corrected chi connectivity index (χ1v) is 10.0. The molecule has 2 unspecified atom stereocenters. The van der Waals surface area contributed by atoms with Crippen molar-refractivity contribution in [3.05, 3.63) is 0 Å². The summed E-state index contributed by atoms with van der Waals surface area (Å²) in [6.07, 6.45) is 2.95. The van der Waals surface area contributed by atoms with Crippen LogP contribution in [0.2, 0.25) is 0 Å². The number of hydrogen-bond acceptors (Lipinski definition) is 11. The second-order valence-electron chi connectivity index (χ2n) is 7.46. The van der Waals surface area contributed by atoms with E-state index in [-0.39, 0.29) is 35.5 Å². The van der Waals surface area contributed by atoms with Crippen molar-refractivity contribution in [1.82, 2.24) is 10.6 Å². The van der Waals surface area contributed by atoms with Crippen molar-refractivity contribution in [3.63, 3.8) is 0 Å². The monoisotopic (exact) mass is 479 g/mol. The predicted octanol–water partition coefficient (Wildman–Crippen LogP) is -7.87. The van der Waals surface area contributed by atoms with Crippen LogP contribution in [0.3, 0.4) is 0 Å². The van der Waals surface area contributed by atoms with E-state index in [1.54, 1.807) is 6.92 Å². The minimum absolute atomic E-state index is 0. The van der Waals surface area contributed by atoms with Crippen LogP contribution in [0, 0.1) is 11.3 Å². The zero-order chi connectivity index (χ0) is 25.1. The second-order valence-corrected chi connectivity index (χ2v) is 7.46. The van der Waals surface area contributed by atoms with E-state index in [4.69, 9.17) is 25.5 Å². The summed E-state index contributed by atoms with van der Waals surface area (Å²) in [5.74, 6) is -6.70. The van der Waals surface area contributed by atoms with E-state index < -0.39 is 46.7 Å². The Morgan fingerprint density at radius 1 is 1.09 bits per heavy atom. The van der Waals surface area contributed by atoms with Crippen molar-refractivity contribution in [2.75, 3.05) is 13.1 Å². The van der Waals surface area contributed by atoms with Crippen LogP contribution in [-0.4, -0.2) is 54.4 Å². The van der Waals surface area contributed by atoms with Crippen LogP contribution in [0.15, 0.2) is 4.99 Å². The van der Waals surface area contributed by atoms with Gasteiger partial charge in [0.2, 0.25) is 5.91 Å². The van der Waals surface area contributed by atoms with Gasteiger partial charge in [-0.1, -0.05) is 27.2 Å². The molecule has 2 rings (SSSR count). The maximum absolute atomic E-state index is 11.9. The Labute approximate surface area is 213 Å². The molecule has 2 heterocycles. The van der Waals surface area contributed by atoms with Crippen LogP contribution >= 0.6 is 0 Å². The number of urea groups is 1. The van der Waals surface area contributed by atoms with Crippen molar-refractivity contribution in [2.45, 2.75) is 58.4 Å². The number of nitrogens with two attached hydrogens (primary N) is 1. The van der Waals surface area contributed by atoms with E-state index in [2.05, 4.69) is 15.6 Å². The van der Waals surface area contributed by atoms with Gasteiger partial charge in [0.05, 0.1) is 28.9 Å². The zero-order valence-electron chi connectivity index (χ0n) is 19.2. The maximum atomic E-state index is 11.9. The number of piperidine rings is 1. The van der Waals surface area contributed by atoms with Crippen LogP contribution in [0.25, 0.3) is 0 Å². The van der Waals surface area contributed by atoms with Gasteiger partial charge in [0.15, 0.2) is 0 Å². The fourth-order valence-corrected chi connectivity index (χ4v) is 3.38. The van der Waals surface area contributed by atoms with Gasteiger partial charge in [-0.3, -0.25) is 10.1 Å². The van der Waals surface area contributed by atoms with Crippen molar-refractivity contribution in [2.24, 2.45) is 22.1 Å². The molecule has 0 radical (unpaired) electrons. The van der Waals surface area contributed by atoms with Gasteiger partial charge < -0.3 is 45.9 Å². The Bertz CT molecular complexity index is 742. The van der Waals surface area contributed by atoms with Gasteiger partial charge in [-0.25, -0.2) is 9.79 Å².